The third kappa shape index (κ3) is 6.16. The minimum absolute atomic E-state index is 0.00106. The van der Waals surface area contributed by atoms with Crippen LogP contribution in [0.3, 0.4) is 0 Å². The number of amides is 1. The van der Waals surface area contributed by atoms with Crippen LogP contribution in [0, 0.1) is 5.41 Å². The molecule has 0 spiro atoms. The zero-order valence-electron chi connectivity index (χ0n) is 12.8. The first kappa shape index (κ1) is 16.7. The van der Waals surface area contributed by atoms with Crippen LogP contribution in [0.25, 0.3) is 0 Å². The minimum Gasteiger partial charge on any atom is -0.383 e. The van der Waals surface area contributed by atoms with Gasteiger partial charge in [0.25, 0.3) is 0 Å². The number of nitrogens with one attached hydrogen (secondary N) is 2. The van der Waals surface area contributed by atoms with Crippen LogP contribution >= 0.6 is 0 Å². The van der Waals surface area contributed by atoms with Crippen molar-refractivity contribution in [2.24, 2.45) is 5.41 Å². The number of hydrogen-bond donors (Lipinski definition) is 2. The summed E-state index contributed by atoms with van der Waals surface area (Å²) in [6, 6.07) is 0.0495. The van der Waals surface area contributed by atoms with Gasteiger partial charge in [0.05, 0.1) is 25.5 Å². The number of carbonyl (C=O) groups is 1. The summed E-state index contributed by atoms with van der Waals surface area (Å²) in [6.07, 6.45) is 5.41. The molecule has 0 radical (unpaired) electrons. The normalized spacial score (nSPS) is 13.2. The van der Waals surface area contributed by atoms with Gasteiger partial charge in [-0.05, 0) is 5.41 Å². The zero-order chi connectivity index (χ0) is 15.0. The van der Waals surface area contributed by atoms with Gasteiger partial charge in [0.15, 0.2) is 0 Å². The lowest BCUT2D eigenvalue weighted by atomic mass is 9.86. The van der Waals surface area contributed by atoms with Gasteiger partial charge < -0.3 is 19.9 Å². The summed E-state index contributed by atoms with van der Waals surface area (Å²) in [5, 5.41) is 6.13. The summed E-state index contributed by atoms with van der Waals surface area (Å²) < 4.78 is 6.91. The molecule has 114 valence electrons. The fourth-order valence-corrected chi connectivity index (χ4v) is 1.76. The Labute approximate surface area is 120 Å². The van der Waals surface area contributed by atoms with E-state index in [2.05, 4.69) is 36.4 Å². The Morgan fingerprint density at radius 1 is 1.45 bits per heavy atom. The van der Waals surface area contributed by atoms with Crippen LogP contribution in [0.4, 0.5) is 0 Å². The van der Waals surface area contributed by atoms with Crippen molar-refractivity contribution in [2.75, 3.05) is 26.8 Å². The van der Waals surface area contributed by atoms with Crippen molar-refractivity contribution in [3.8, 4) is 0 Å². The van der Waals surface area contributed by atoms with E-state index in [1.165, 1.54) is 0 Å². The Morgan fingerprint density at radius 2 is 2.20 bits per heavy atom. The number of carbonyl (C=O) groups excluding carboxylic acids is 1. The average molecular weight is 282 g/mol. The third-order valence-electron chi connectivity index (χ3n) is 3.10. The average Bonchev–Trinajstić information content (AvgIpc) is 2.86. The molecule has 0 saturated carbocycles. The van der Waals surface area contributed by atoms with Crippen molar-refractivity contribution in [1.82, 2.24) is 20.2 Å². The molecular formula is C14H26N4O2. The lowest BCUT2D eigenvalue weighted by Crippen LogP contribution is -2.49. The molecule has 1 atom stereocenters. The smallest absolute Gasteiger partial charge is 0.234 e. The summed E-state index contributed by atoms with van der Waals surface area (Å²) >= 11 is 0. The molecule has 0 aliphatic carbocycles. The standard InChI is InChI=1S/C14H26N4O2/c1-14(2,3)12(10-18-7-5-16-11-18)17-13(19)9-15-6-8-20-4/h5,7,11-12,15H,6,8-10H2,1-4H3,(H,17,19). The van der Waals surface area contributed by atoms with Gasteiger partial charge in [-0.2, -0.15) is 0 Å². The molecule has 0 aromatic carbocycles. The molecule has 1 unspecified atom stereocenters. The molecule has 1 amide bonds. The highest BCUT2D eigenvalue weighted by atomic mass is 16.5. The van der Waals surface area contributed by atoms with Crippen molar-refractivity contribution < 1.29 is 9.53 Å². The Bertz CT molecular complexity index is 384. The van der Waals surface area contributed by atoms with Crippen LogP contribution in [0.5, 0.6) is 0 Å². The van der Waals surface area contributed by atoms with Crippen LogP contribution in [0.1, 0.15) is 20.8 Å². The predicted molar refractivity (Wildman–Crippen MR) is 78.4 cm³/mol. The molecule has 0 bridgehead atoms. The quantitative estimate of drug-likeness (QED) is 0.687. The molecule has 1 aromatic heterocycles. The molecule has 6 nitrogen and oxygen atoms in total. The van der Waals surface area contributed by atoms with E-state index < -0.39 is 0 Å². The number of hydrogen-bond acceptors (Lipinski definition) is 4. The maximum Gasteiger partial charge on any atom is 0.234 e. The van der Waals surface area contributed by atoms with Gasteiger partial charge in [-0.3, -0.25) is 4.79 Å². The summed E-state index contributed by atoms with van der Waals surface area (Å²) in [5.74, 6) is 0.00106. The van der Waals surface area contributed by atoms with Crippen LogP contribution in [0.15, 0.2) is 18.7 Å². The fourth-order valence-electron chi connectivity index (χ4n) is 1.76. The Morgan fingerprint density at radius 3 is 2.75 bits per heavy atom. The van der Waals surface area contributed by atoms with Gasteiger partial charge in [0.1, 0.15) is 0 Å². The van der Waals surface area contributed by atoms with Gasteiger partial charge in [-0.15, -0.1) is 0 Å². The van der Waals surface area contributed by atoms with Crippen LogP contribution in [-0.2, 0) is 16.1 Å². The molecule has 0 aliphatic heterocycles. The van der Waals surface area contributed by atoms with Crippen LogP contribution < -0.4 is 10.6 Å². The monoisotopic (exact) mass is 282 g/mol. The van der Waals surface area contributed by atoms with E-state index in [1.807, 2.05) is 10.8 Å². The van der Waals surface area contributed by atoms with Gasteiger partial charge in [-0.1, -0.05) is 20.8 Å². The van der Waals surface area contributed by atoms with Crippen molar-refractivity contribution in [1.29, 1.82) is 0 Å². The molecule has 2 N–H and O–H groups in total. The number of methoxy groups -OCH3 is 1. The SMILES string of the molecule is COCCNCC(=O)NC(Cn1ccnc1)C(C)(C)C. The molecule has 1 rings (SSSR count). The highest BCUT2D eigenvalue weighted by Crippen LogP contribution is 2.20. The molecule has 6 heteroatoms. The van der Waals surface area contributed by atoms with E-state index >= 15 is 0 Å². The summed E-state index contributed by atoms with van der Waals surface area (Å²) in [5.41, 5.74) is -0.0214. The summed E-state index contributed by atoms with van der Waals surface area (Å²) in [7, 11) is 1.64. The topological polar surface area (TPSA) is 68.2 Å². The highest BCUT2D eigenvalue weighted by molar-refractivity contribution is 5.78. The van der Waals surface area contributed by atoms with Crippen LogP contribution in [0.2, 0.25) is 0 Å². The number of aromatic nitrogens is 2. The van der Waals surface area contributed by atoms with E-state index in [0.29, 0.717) is 26.2 Å². The number of nitrogens with zero attached hydrogens (tertiary/aromatic N) is 2. The lowest BCUT2D eigenvalue weighted by Gasteiger charge is -2.31. The maximum absolute atomic E-state index is 12.0. The molecule has 20 heavy (non-hydrogen) atoms. The molecule has 0 aliphatic rings. The predicted octanol–water partition coefficient (Wildman–Crippen LogP) is 0.650. The fraction of sp³-hybridized carbons (Fsp3) is 0.714. The van der Waals surface area contributed by atoms with Gasteiger partial charge in [-0.25, -0.2) is 4.98 Å². The first-order chi connectivity index (χ1) is 9.43. The minimum atomic E-state index is -0.0214. The third-order valence-corrected chi connectivity index (χ3v) is 3.10. The number of rotatable bonds is 8. The molecule has 1 aromatic rings. The first-order valence-electron chi connectivity index (χ1n) is 6.88. The number of imidazole rings is 1. The van der Waals surface area contributed by atoms with Gasteiger partial charge >= 0.3 is 0 Å². The second-order valence-corrected chi connectivity index (χ2v) is 5.92. The Balaban J connectivity index is 2.46. The second kappa shape index (κ2) is 8.01. The van der Waals surface area contributed by atoms with Crippen molar-refractivity contribution in [3.63, 3.8) is 0 Å². The van der Waals surface area contributed by atoms with Crippen molar-refractivity contribution in [3.05, 3.63) is 18.7 Å². The van der Waals surface area contributed by atoms with E-state index in [4.69, 9.17) is 4.74 Å². The van der Waals surface area contributed by atoms with Crippen molar-refractivity contribution in [2.45, 2.75) is 33.4 Å². The highest BCUT2D eigenvalue weighted by Gasteiger charge is 2.26. The van der Waals surface area contributed by atoms with E-state index in [1.54, 1.807) is 19.6 Å². The Kier molecular flexibility index (Phi) is 6.67. The van der Waals surface area contributed by atoms with E-state index in [0.717, 1.165) is 0 Å². The largest absolute Gasteiger partial charge is 0.383 e. The van der Waals surface area contributed by atoms with E-state index in [9.17, 15) is 4.79 Å². The number of ether oxygens (including phenoxy) is 1. The van der Waals surface area contributed by atoms with Crippen molar-refractivity contribution >= 4 is 5.91 Å². The first-order valence-corrected chi connectivity index (χ1v) is 6.88. The molecule has 0 fully saturated rings. The van der Waals surface area contributed by atoms with Crippen LogP contribution in [-0.4, -0.2) is 48.3 Å². The summed E-state index contributed by atoms with van der Waals surface area (Å²) in [6.45, 7) is 8.65. The second-order valence-electron chi connectivity index (χ2n) is 5.92. The van der Waals surface area contributed by atoms with Gasteiger partial charge in [0.2, 0.25) is 5.91 Å². The van der Waals surface area contributed by atoms with E-state index in [-0.39, 0.29) is 17.4 Å². The molecule has 0 saturated heterocycles. The summed E-state index contributed by atoms with van der Waals surface area (Å²) in [4.78, 5) is 16.0. The maximum atomic E-state index is 12.0. The molecule has 1 heterocycles. The Hall–Kier alpha value is -1.40. The lowest BCUT2D eigenvalue weighted by molar-refractivity contribution is -0.121. The zero-order valence-corrected chi connectivity index (χ0v) is 12.8. The molecular weight excluding hydrogens is 256 g/mol. The van der Waals surface area contributed by atoms with Gasteiger partial charge in [0, 0.05) is 32.6 Å².